The van der Waals surface area contributed by atoms with E-state index in [1.807, 2.05) is 43.3 Å². The molecule has 4 rings (SSSR count). The van der Waals surface area contributed by atoms with Gasteiger partial charge in [0, 0.05) is 43.9 Å². The highest BCUT2D eigenvalue weighted by Crippen LogP contribution is 2.35. The topological polar surface area (TPSA) is 88.3 Å². The van der Waals surface area contributed by atoms with Gasteiger partial charge in [0.15, 0.2) is 0 Å². The minimum atomic E-state index is -0.772. The Morgan fingerprint density at radius 2 is 1.97 bits per heavy atom. The van der Waals surface area contributed by atoms with Crippen molar-refractivity contribution in [2.24, 2.45) is 5.41 Å². The normalized spacial score (nSPS) is 18.5. The van der Waals surface area contributed by atoms with E-state index in [9.17, 15) is 9.59 Å². The SMILES string of the molecule is CCNC(=O)[C@]1(Cc2cc(-c3ccccc3)no2)CCCN(C(=O)c2ccccn2)C1. The molecule has 7 heteroatoms. The third-order valence-corrected chi connectivity index (χ3v) is 5.71. The molecule has 3 aromatic rings. The van der Waals surface area contributed by atoms with Crippen molar-refractivity contribution in [1.29, 1.82) is 0 Å². The van der Waals surface area contributed by atoms with Crippen LogP contribution in [-0.4, -0.2) is 46.5 Å². The molecule has 1 aromatic carbocycles. The largest absolute Gasteiger partial charge is 0.361 e. The Morgan fingerprint density at radius 1 is 1.16 bits per heavy atom. The summed E-state index contributed by atoms with van der Waals surface area (Å²) in [5.74, 6) is 0.417. The minimum absolute atomic E-state index is 0.0637. The van der Waals surface area contributed by atoms with E-state index in [1.165, 1.54) is 0 Å². The summed E-state index contributed by atoms with van der Waals surface area (Å²) in [6, 6.07) is 16.9. The number of carbonyl (C=O) groups is 2. The lowest BCUT2D eigenvalue weighted by Crippen LogP contribution is -2.54. The van der Waals surface area contributed by atoms with Crippen LogP contribution in [0.15, 0.2) is 65.3 Å². The second-order valence-corrected chi connectivity index (χ2v) is 7.91. The van der Waals surface area contributed by atoms with Crippen molar-refractivity contribution in [1.82, 2.24) is 20.4 Å². The van der Waals surface area contributed by atoms with E-state index >= 15 is 0 Å². The van der Waals surface area contributed by atoms with Gasteiger partial charge in [-0.2, -0.15) is 0 Å². The van der Waals surface area contributed by atoms with Crippen LogP contribution in [0, 0.1) is 5.41 Å². The Kier molecular flexibility index (Phi) is 6.11. The van der Waals surface area contributed by atoms with Crippen molar-refractivity contribution >= 4 is 11.8 Å². The van der Waals surface area contributed by atoms with Crippen molar-refractivity contribution < 1.29 is 14.1 Å². The van der Waals surface area contributed by atoms with Crippen molar-refractivity contribution in [2.45, 2.75) is 26.2 Å². The monoisotopic (exact) mass is 418 g/mol. The molecule has 1 atom stereocenters. The van der Waals surface area contributed by atoms with E-state index in [0.29, 0.717) is 43.9 Å². The van der Waals surface area contributed by atoms with Gasteiger partial charge < -0.3 is 14.7 Å². The zero-order valence-electron chi connectivity index (χ0n) is 17.6. The number of piperidine rings is 1. The molecule has 31 heavy (non-hydrogen) atoms. The zero-order valence-corrected chi connectivity index (χ0v) is 17.6. The molecule has 1 aliphatic heterocycles. The molecule has 1 N–H and O–H groups in total. The summed E-state index contributed by atoms with van der Waals surface area (Å²) in [7, 11) is 0. The molecule has 1 fully saturated rings. The van der Waals surface area contributed by atoms with Crippen molar-refractivity contribution in [2.75, 3.05) is 19.6 Å². The molecule has 7 nitrogen and oxygen atoms in total. The predicted molar refractivity (Wildman–Crippen MR) is 116 cm³/mol. The minimum Gasteiger partial charge on any atom is -0.361 e. The summed E-state index contributed by atoms with van der Waals surface area (Å²) in [5.41, 5.74) is 1.31. The van der Waals surface area contributed by atoms with E-state index in [4.69, 9.17) is 4.52 Å². The van der Waals surface area contributed by atoms with Gasteiger partial charge in [-0.25, -0.2) is 0 Å². The van der Waals surface area contributed by atoms with Gasteiger partial charge in [-0.1, -0.05) is 41.6 Å². The molecule has 0 saturated carbocycles. The second-order valence-electron chi connectivity index (χ2n) is 7.91. The fourth-order valence-electron chi connectivity index (χ4n) is 4.19. The Hall–Kier alpha value is -3.48. The number of aromatic nitrogens is 2. The summed E-state index contributed by atoms with van der Waals surface area (Å²) in [4.78, 5) is 32.1. The lowest BCUT2D eigenvalue weighted by molar-refractivity contribution is -0.134. The molecule has 0 unspecified atom stereocenters. The first kappa shape index (κ1) is 20.8. The average Bonchev–Trinajstić information content (AvgIpc) is 3.28. The maximum atomic E-state index is 13.2. The Balaban J connectivity index is 1.59. The fraction of sp³-hybridized carbons (Fsp3) is 0.333. The first-order valence-corrected chi connectivity index (χ1v) is 10.6. The highest BCUT2D eigenvalue weighted by atomic mass is 16.5. The van der Waals surface area contributed by atoms with Crippen LogP contribution in [0.5, 0.6) is 0 Å². The highest BCUT2D eigenvalue weighted by molar-refractivity contribution is 5.93. The number of carbonyl (C=O) groups excluding carboxylic acids is 2. The van der Waals surface area contributed by atoms with Gasteiger partial charge in [0.2, 0.25) is 5.91 Å². The molecular formula is C24H26N4O3. The number of nitrogens with one attached hydrogen (secondary N) is 1. The highest BCUT2D eigenvalue weighted by Gasteiger charge is 2.44. The van der Waals surface area contributed by atoms with Crippen LogP contribution in [-0.2, 0) is 11.2 Å². The molecule has 0 aliphatic carbocycles. The van der Waals surface area contributed by atoms with Crippen LogP contribution in [0.2, 0.25) is 0 Å². The number of likely N-dealkylation sites (tertiary alicyclic amines) is 1. The average molecular weight is 418 g/mol. The number of benzene rings is 1. The summed E-state index contributed by atoms with van der Waals surface area (Å²) < 4.78 is 5.61. The third kappa shape index (κ3) is 4.50. The Bertz CT molecular complexity index is 1040. The number of amides is 2. The van der Waals surface area contributed by atoms with Crippen LogP contribution in [0.25, 0.3) is 11.3 Å². The van der Waals surface area contributed by atoms with Crippen LogP contribution in [0.3, 0.4) is 0 Å². The summed E-state index contributed by atoms with van der Waals surface area (Å²) in [6.45, 7) is 3.34. The fourth-order valence-corrected chi connectivity index (χ4v) is 4.19. The first-order chi connectivity index (χ1) is 15.1. The molecular weight excluding hydrogens is 392 g/mol. The van der Waals surface area contributed by atoms with Gasteiger partial charge in [-0.05, 0) is 31.9 Å². The van der Waals surface area contributed by atoms with E-state index in [2.05, 4.69) is 15.5 Å². The third-order valence-electron chi connectivity index (χ3n) is 5.71. The lowest BCUT2D eigenvalue weighted by Gasteiger charge is -2.41. The molecule has 1 aliphatic rings. The lowest BCUT2D eigenvalue weighted by atomic mass is 9.75. The number of rotatable bonds is 6. The molecule has 160 valence electrons. The Morgan fingerprint density at radius 3 is 2.71 bits per heavy atom. The maximum absolute atomic E-state index is 13.2. The van der Waals surface area contributed by atoms with E-state index in [-0.39, 0.29) is 11.8 Å². The van der Waals surface area contributed by atoms with Crippen molar-refractivity contribution in [3.8, 4) is 11.3 Å². The van der Waals surface area contributed by atoms with Gasteiger partial charge in [0.25, 0.3) is 5.91 Å². The molecule has 3 heterocycles. The molecule has 2 amide bonds. The molecule has 0 bridgehead atoms. The quantitative estimate of drug-likeness (QED) is 0.663. The van der Waals surface area contributed by atoms with Crippen molar-refractivity contribution in [3.63, 3.8) is 0 Å². The van der Waals surface area contributed by atoms with Gasteiger partial charge in [0.05, 0.1) is 5.41 Å². The van der Waals surface area contributed by atoms with Gasteiger partial charge >= 0.3 is 0 Å². The smallest absolute Gasteiger partial charge is 0.272 e. The molecule has 0 radical (unpaired) electrons. The van der Waals surface area contributed by atoms with Gasteiger partial charge in [0.1, 0.15) is 17.1 Å². The number of pyridine rings is 1. The van der Waals surface area contributed by atoms with Crippen LogP contribution >= 0.6 is 0 Å². The predicted octanol–water partition coefficient (Wildman–Crippen LogP) is 3.34. The van der Waals surface area contributed by atoms with Crippen LogP contribution in [0.4, 0.5) is 0 Å². The van der Waals surface area contributed by atoms with Gasteiger partial charge in [-0.15, -0.1) is 0 Å². The van der Waals surface area contributed by atoms with Gasteiger partial charge in [-0.3, -0.25) is 14.6 Å². The number of hydrogen-bond acceptors (Lipinski definition) is 5. The van der Waals surface area contributed by atoms with Crippen LogP contribution in [0.1, 0.15) is 36.0 Å². The maximum Gasteiger partial charge on any atom is 0.272 e. The molecule has 2 aromatic heterocycles. The standard InChI is InChI=1S/C24H26N4O3/c1-2-25-23(30)24(16-19-15-21(27-31-19)18-9-4-3-5-10-18)12-8-14-28(17-24)22(29)20-11-6-7-13-26-20/h3-7,9-11,13,15H,2,8,12,14,16-17H2,1H3,(H,25,30)/t24-/m0/s1. The Labute approximate surface area is 181 Å². The summed E-state index contributed by atoms with van der Waals surface area (Å²) in [6.07, 6.45) is 3.39. The van der Waals surface area contributed by atoms with Crippen molar-refractivity contribution in [3.05, 3.63) is 72.2 Å². The molecule has 1 saturated heterocycles. The van der Waals surface area contributed by atoms with E-state index < -0.39 is 5.41 Å². The molecule has 0 spiro atoms. The number of nitrogens with zero attached hydrogens (tertiary/aromatic N) is 3. The zero-order chi connectivity index (χ0) is 21.7. The first-order valence-electron chi connectivity index (χ1n) is 10.6. The van der Waals surface area contributed by atoms with E-state index in [0.717, 1.165) is 17.7 Å². The summed E-state index contributed by atoms with van der Waals surface area (Å²) >= 11 is 0. The van der Waals surface area contributed by atoms with Crippen LogP contribution < -0.4 is 5.32 Å². The van der Waals surface area contributed by atoms with E-state index in [1.54, 1.807) is 29.3 Å². The second kappa shape index (κ2) is 9.12. The number of hydrogen-bond donors (Lipinski definition) is 1. The summed E-state index contributed by atoms with van der Waals surface area (Å²) in [5, 5.41) is 7.15.